The Morgan fingerprint density at radius 1 is 1.00 bits per heavy atom. The standard InChI is InChI=1S/C21H22N6O3/c28-21(25-10-8-24(9-11-25)14-18-2-1-7-22-12-18)19-5-3-17(4-6-19)15-26-16-20(13-23-26)27(29)30/h1-7,12-13,16H,8-11,14-15H2. The number of carbonyl (C=O) groups is 1. The van der Waals surface area contributed by atoms with Gasteiger partial charge in [-0.2, -0.15) is 5.10 Å². The zero-order chi connectivity index (χ0) is 20.9. The minimum absolute atomic E-state index is 0.0253. The number of nitrogens with zero attached hydrogens (tertiary/aromatic N) is 6. The first kappa shape index (κ1) is 19.7. The lowest BCUT2D eigenvalue weighted by Gasteiger charge is -2.34. The van der Waals surface area contributed by atoms with Gasteiger partial charge < -0.3 is 4.90 Å². The summed E-state index contributed by atoms with van der Waals surface area (Å²) in [5.74, 6) is 0.0253. The number of pyridine rings is 1. The van der Waals surface area contributed by atoms with E-state index in [2.05, 4.69) is 21.0 Å². The van der Waals surface area contributed by atoms with Crippen molar-refractivity contribution >= 4 is 11.6 Å². The van der Waals surface area contributed by atoms with Gasteiger partial charge in [0.05, 0.1) is 11.5 Å². The molecule has 30 heavy (non-hydrogen) atoms. The lowest BCUT2D eigenvalue weighted by Crippen LogP contribution is -2.48. The molecular weight excluding hydrogens is 384 g/mol. The van der Waals surface area contributed by atoms with Crippen LogP contribution in [0.4, 0.5) is 5.69 Å². The molecule has 9 nitrogen and oxygen atoms in total. The van der Waals surface area contributed by atoms with Crippen molar-refractivity contribution < 1.29 is 9.72 Å². The highest BCUT2D eigenvalue weighted by molar-refractivity contribution is 5.94. The largest absolute Gasteiger partial charge is 0.336 e. The van der Waals surface area contributed by atoms with E-state index in [1.54, 1.807) is 18.3 Å². The van der Waals surface area contributed by atoms with Gasteiger partial charge in [-0.1, -0.05) is 18.2 Å². The molecule has 1 fully saturated rings. The van der Waals surface area contributed by atoms with E-state index >= 15 is 0 Å². The molecule has 0 bridgehead atoms. The van der Waals surface area contributed by atoms with E-state index in [4.69, 9.17) is 0 Å². The van der Waals surface area contributed by atoms with Crippen molar-refractivity contribution in [1.29, 1.82) is 0 Å². The molecule has 3 aromatic rings. The highest BCUT2D eigenvalue weighted by Crippen LogP contribution is 2.14. The van der Waals surface area contributed by atoms with Gasteiger partial charge in [0, 0.05) is 50.7 Å². The monoisotopic (exact) mass is 406 g/mol. The summed E-state index contributed by atoms with van der Waals surface area (Å²) in [6, 6.07) is 11.3. The maximum atomic E-state index is 12.8. The summed E-state index contributed by atoms with van der Waals surface area (Å²) in [7, 11) is 0. The normalized spacial score (nSPS) is 14.6. The number of hydrogen-bond acceptors (Lipinski definition) is 6. The third-order valence-electron chi connectivity index (χ3n) is 5.16. The Balaban J connectivity index is 1.31. The Morgan fingerprint density at radius 2 is 1.77 bits per heavy atom. The number of rotatable bonds is 6. The number of nitro groups is 1. The van der Waals surface area contributed by atoms with Gasteiger partial charge in [0.2, 0.25) is 0 Å². The summed E-state index contributed by atoms with van der Waals surface area (Å²) < 4.78 is 1.51. The molecule has 1 amide bonds. The van der Waals surface area contributed by atoms with Gasteiger partial charge in [0.1, 0.15) is 12.4 Å². The van der Waals surface area contributed by atoms with Gasteiger partial charge >= 0.3 is 5.69 Å². The van der Waals surface area contributed by atoms with Crippen LogP contribution in [0, 0.1) is 10.1 Å². The topological polar surface area (TPSA) is 97.4 Å². The van der Waals surface area contributed by atoms with Gasteiger partial charge in [-0.3, -0.25) is 29.5 Å². The number of hydrogen-bond donors (Lipinski definition) is 0. The summed E-state index contributed by atoms with van der Waals surface area (Å²) in [5, 5.41) is 14.7. The van der Waals surface area contributed by atoms with Crippen LogP contribution in [0.1, 0.15) is 21.5 Å². The summed E-state index contributed by atoms with van der Waals surface area (Å²) in [4.78, 5) is 31.5. The van der Waals surface area contributed by atoms with Crippen LogP contribution >= 0.6 is 0 Å². The molecule has 1 aromatic carbocycles. The van der Waals surface area contributed by atoms with E-state index in [0.29, 0.717) is 25.2 Å². The Labute approximate surface area is 173 Å². The van der Waals surface area contributed by atoms with Crippen molar-refractivity contribution in [1.82, 2.24) is 24.6 Å². The zero-order valence-corrected chi connectivity index (χ0v) is 16.4. The predicted molar refractivity (Wildman–Crippen MR) is 110 cm³/mol. The second-order valence-corrected chi connectivity index (χ2v) is 7.28. The summed E-state index contributed by atoms with van der Waals surface area (Å²) in [5.41, 5.74) is 2.71. The average molecular weight is 406 g/mol. The van der Waals surface area contributed by atoms with Crippen LogP contribution in [0.15, 0.2) is 61.2 Å². The molecule has 3 heterocycles. The molecule has 0 unspecified atom stereocenters. The van der Waals surface area contributed by atoms with Crippen LogP contribution in [0.3, 0.4) is 0 Å². The first-order valence-electron chi connectivity index (χ1n) is 9.75. The molecule has 0 spiro atoms. The molecule has 4 rings (SSSR count). The first-order valence-corrected chi connectivity index (χ1v) is 9.75. The van der Waals surface area contributed by atoms with Crippen LogP contribution in [-0.4, -0.2) is 61.6 Å². The Morgan fingerprint density at radius 3 is 2.40 bits per heavy atom. The quantitative estimate of drug-likeness (QED) is 0.460. The second-order valence-electron chi connectivity index (χ2n) is 7.28. The van der Waals surface area contributed by atoms with E-state index in [1.807, 2.05) is 29.3 Å². The van der Waals surface area contributed by atoms with Gasteiger partial charge in [-0.05, 0) is 29.3 Å². The third-order valence-corrected chi connectivity index (χ3v) is 5.16. The van der Waals surface area contributed by atoms with Crippen molar-refractivity contribution in [3.63, 3.8) is 0 Å². The lowest BCUT2D eigenvalue weighted by atomic mass is 10.1. The predicted octanol–water partition coefficient (Wildman–Crippen LogP) is 2.19. The zero-order valence-electron chi connectivity index (χ0n) is 16.4. The van der Waals surface area contributed by atoms with Gasteiger partial charge in [0.25, 0.3) is 5.91 Å². The van der Waals surface area contributed by atoms with E-state index in [-0.39, 0.29) is 11.6 Å². The van der Waals surface area contributed by atoms with Crippen LogP contribution in [0.25, 0.3) is 0 Å². The fraction of sp³-hybridized carbons (Fsp3) is 0.286. The highest BCUT2D eigenvalue weighted by Gasteiger charge is 2.22. The van der Waals surface area contributed by atoms with Crippen molar-refractivity contribution in [2.45, 2.75) is 13.1 Å². The second kappa shape index (κ2) is 8.83. The van der Waals surface area contributed by atoms with Gasteiger partial charge in [-0.25, -0.2) is 0 Å². The van der Waals surface area contributed by atoms with E-state index in [0.717, 1.165) is 25.2 Å². The first-order chi connectivity index (χ1) is 14.6. The van der Waals surface area contributed by atoms with Crippen LogP contribution in [0.5, 0.6) is 0 Å². The minimum atomic E-state index is -0.470. The number of benzene rings is 1. The van der Waals surface area contributed by atoms with Gasteiger partial charge in [0.15, 0.2) is 0 Å². The SMILES string of the molecule is O=C(c1ccc(Cn2cc([N+](=O)[O-])cn2)cc1)N1CCN(Cc2cccnc2)CC1. The minimum Gasteiger partial charge on any atom is -0.336 e. The molecule has 2 aromatic heterocycles. The summed E-state index contributed by atoms with van der Waals surface area (Å²) in [6.45, 7) is 4.30. The number of aromatic nitrogens is 3. The molecule has 0 atom stereocenters. The van der Waals surface area contributed by atoms with Crippen LogP contribution in [0.2, 0.25) is 0 Å². The maximum absolute atomic E-state index is 12.8. The van der Waals surface area contributed by atoms with Crippen molar-refractivity contribution in [2.75, 3.05) is 26.2 Å². The van der Waals surface area contributed by atoms with Crippen molar-refractivity contribution in [3.8, 4) is 0 Å². The smallest absolute Gasteiger partial charge is 0.307 e. The molecule has 0 radical (unpaired) electrons. The maximum Gasteiger partial charge on any atom is 0.307 e. The van der Waals surface area contributed by atoms with Gasteiger partial charge in [-0.15, -0.1) is 0 Å². The molecule has 1 aliphatic heterocycles. The van der Waals surface area contributed by atoms with Crippen molar-refractivity contribution in [2.24, 2.45) is 0 Å². The molecule has 0 saturated carbocycles. The Hall–Kier alpha value is -3.59. The highest BCUT2D eigenvalue weighted by atomic mass is 16.6. The molecule has 1 saturated heterocycles. The Bertz CT molecular complexity index is 1010. The number of amides is 1. The lowest BCUT2D eigenvalue weighted by molar-refractivity contribution is -0.385. The summed E-state index contributed by atoms with van der Waals surface area (Å²) >= 11 is 0. The number of carbonyl (C=O) groups excluding carboxylic acids is 1. The average Bonchev–Trinajstić information content (AvgIpc) is 3.24. The fourth-order valence-electron chi connectivity index (χ4n) is 3.51. The van der Waals surface area contributed by atoms with E-state index in [9.17, 15) is 14.9 Å². The molecule has 0 aliphatic carbocycles. The van der Waals surface area contributed by atoms with Crippen LogP contribution in [-0.2, 0) is 13.1 Å². The number of piperazine rings is 1. The fourth-order valence-corrected chi connectivity index (χ4v) is 3.51. The summed E-state index contributed by atoms with van der Waals surface area (Å²) in [6.07, 6.45) is 6.26. The molecule has 0 N–H and O–H groups in total. The van der Waals surface area contributed by atoms with Crippen molar-refractivity contribution in [3.05, 3.63) is 88.0 Å². The third kappa shape index (κ3) is 4.69. The van der Waals surface area contributed by atoms with Crippen LogP contribution < -0.4 is 0 Å². The van der Waals surface area contributed by atoms with E-state index < -0.39 is 4.92 Å². The molecule has 154 valence electrons. The molecule has 1 aliphatic rings. The Kier molecular flexibility index (Phi) is 5.80. The molecular formula is C21H22N6O3. The van der Waals surface area contributed by atoms with E-state index in [1.165, 1.54) is 22.6 Å². The molecule has 9 heteroatoms.